The first-order valence-electron chi connectivity index (χ1n) is 14.5. The summed E-state index contributed by atoms with van der Waals surface area (Å²) < 4.78 is 30.6. The lowest BCUT2D eigenvalue weighted by atomic mass is 9.82. The molecule has 1 unspecified atom stereocenters. The van der Waals surface area contributed by atoms with E-state index in [0.717, 1.165) is 0 Å². The van der Waals surface area contributed by atoms with Crippen molar-refractivity contribution >= 4 is 17.5 Å². The highest BCUT2D eigenvalue weighted by molar-refractivity contribution is 6.30. The molecule has 0 spiro atoms. The number of rotatable bonds is 8. The summed E-state index contributed by atoms with van der Waals surface area (Å²) >= 11 is 6.25. The van der Waals surface area contributed by atoms with Gasteiger partial charge in [0.05, 0.1) is 41.6 Å². The summed E-state index contributed by atoms with van der Waals surface area (Å²) in [4.78, 5) is 32.8. The number of benzene rings is 2. The number of pyridine rings is 2. The molecule has 1 saturated heterocycles. The minimum Gasteiger partial charge on any atom is -0.380 e. The first-order chi connectivity index (χ1) is 21.6. The molecule has 11 heteroatoms. The van der Waals surface area contributed by atoms with Crippen molar-refractivity contribution in [3.05, 3.63) is 133 Å². The molecule has 4 aromatic rings. The monoisotopic (exact) mass is 628 g/mol. The molecule has 6 rings (SSSR count). The van der Waals surface area contributed by atoms with Crippen LogP contribution in [0.25, 0.3) is 0 Å². The lowest BCUT2D eigenvalue weighted by Gasteiger charge is -2.41. The zero-order valence-electron chi connectivity index (χ0n) is 24.7. The molecule has 2 aliphatic heterocycles. The molecule has 0 aliphatic carbocycles. The maximum Gasteiger partial charge on any atom is 0.257 e. The number of hydrogen-bond acceptors (Lipinski definition) is 7. The van der Waals surface area contributed by atoms with Gasteiger partial charge in [0, 0.05) is 42.7 Å². The van der Waals surface area contributed by atoms with Gasteiger partial charge in [0.2, 0.25) is 5.72 Å². The van der Waals surface area contributed by atoms with E-state index in [-0.39, 0.29) is 47.4 Å². The third-order valence-electron chi connectivity index (χ3n) is 8.59. The Morgan fingerprint density at radius 2 is 1.96 bits per heavy atom. The molecule has 4 heterocycles. The van der Waals surface area contributed by atoms with Crippen LogP contribution in [0.4, 0.5) is 4.39 Å². The van der Waals surface area contributed by atoms with Crippen LogP contribution < -0.4 is 5.56 Å². The molecule has 230 valence electrons. The van der Waals surface area contributed by atoms with Gasteiger partial charge in [-0.1, -0.05) is 30.7 Å². The van der Waals surface area contributed by atoms with Crippen molar-refractivity contribution < 1.29 is 23.8 Å². The first kappa shape index (κ1) is 30.6. The number of amides is 1. The second-order valence-corrected chi connectivity index (χ2v) is 11.7. The number of nitriles is 1. The minimum absolute atomic E-state index is 0.00298. The van der Waals surface area contributed by atoms with Crippen molar-refractivity contribution in [1.82, 2.24) is 14.5 Å². The van der Waals surface area contributed by atoms with Crippen LogP contribution in [0.2, 0.25) is 5.02 Å². The lowest BCUT2D eigenvalue weighted by Crippen LogP contribution is -2.49. The number of ether oxygens (including phenoxy) is 2. The molecule has 1 amide bonds. The maximum absolute atomic E-state index is 16.9. The van der Waals surface area contributed by atoms with Crippen molar-refractivity contribution in [2.75, 3.05) is 13.2 Å². The predicted octanol–water partition coefficient (Wildman–Crippen LogP) is 4.75. The van der Waals surface area contributed by atoms with Gasteiger partial charge in [-0.15, -0.1) is 0 Å². The number of halogens is 2. The van der Waals surface area contributed by atoms with E-state index in [4.69, 9.17) is 21.1 Å². The van der Waals surface area contributed by atoms with Gasteiger partial charge >= 0.3 is 0 Å². The van der Waals surface area contributed by atoms with E-state index in [0.29, 0.717) is 34.9 Å². The molecular weight excluding hydrogens is 599 g/mol. The fraction of sp³-hybridized carbons (Fsp3) is 0.294. The van der Waals surface area contributed by atoms with Gasteiger partial charge in [-0.2, -0.15) is 5.26 Å². The Labute approximate surface area is 264 Å². The number of hydrogen-bond donors (Lipinski definition) is 1. The molecule has 3 atom stereocenters. The Hall–Kier alpha value is -4.40. The number of carbonyl (C=O) groups excluding carboxylic acids is 1. The molecule has 2 aromatic carbocycles. The topological polar surface area (TPSA) is 118 Å². The summed E-state index contributed by atoms with van der Waals surface area (Å²) in [5.41, 5.74) is -2.21. The standard InChI is InChI=1S/C34H30ClFN4O5/c1-3-33(43,23-10-12-39(2)30(41)16-23)24-14-28-31(29(36)15-24)34(45-27-11-13-44-20-27,22-5-7-25(35)8-6-22)40(32(28)42)19-26-9-4-21(17-37)18-38-26/h4-10,12,14-16,18,27,43H,3,11,13,19-20H2,1-2H3/t27-,33?,34+/m0/s1. The van der Waals surface area contributed by atoms with Gasteiger partial charge in [-0.05, 0) is 66.4 Å². The van der Waals surface area contributed by atoms with Crippen LogP contribution in [-0.2, 0) is 34.4 Å². The fourth-order valence-corrected chi connectivity index (χ4v) is 6.23. The van der Waals surface area contributed by atoms with E-state index in [1.807, 2.05) is 6.07 Å². The van der Waals surface area contributed by atoms with Gasteiger partial charge in [-0.3, -0.25) is 19.5 Å². The number of aryl methyl sites for hydroxylation is 1. The number of fused-ring (bicyclic) bond motifs is 1. The SMILES string of the molecule is CCC(O)(c1cc(F)c2c(c1)C(=O)N(Cc1ccc(C#N)cn1)[C@@]2(O[C@H]1CCOC1)c1ccc(Cl)cc1)c1ccn(C)c(=O)c1. The Morgan fingerprint density at radius 1 is 1.18 bits per heavy atom. The Kier molecular flexibility index (Phi) is 8.05. The zero-order chi connectivity index (χ0) is 31.9. The van der Waals surface area contributed by atoms with E-state index >= 15 is 4.39 Å². The quantitative estimate of drug-likeness (QED) is 0.299. The Morgan fingerprint density at radius 3 is 2.58 bits per heavy atom. The van der Waals surface area contributed by atoms with Crippen LogP contribution in [-0.4, -0.2) is 44.8 Å². The van der Waals surface area contributed by atoms with Gasteiger partial charge in [-0.25, -0.2) is 4.39 Å². The van der Waals surface area contributed by atoms with Gasteiger partial charge < -0.3 is 19.1 Å². The second kappa shape index (κ2) is 11.8. The minimum atomic E-state index is -1.77. The average Bonchev–Trinajstić information content (AvgIpc) is 3.64. The van der Waals surface area contributed by atoms with Crippen LogP contribution in [0.5, 0.6) is 0 Å². The van der Waals surface area contributed by atoms with Crippen molar-refractivity contribution in [3.63, 3.8) is 0 Å². The van der Waals surface area contributed by atoms with Gasteiger partial charge in [0.25, 0.3) is 11.5 Å². The summed E-state index contributed by atoms with van der Waals surface area (Å²) in [6.07, 6.45) is 3.10. The summed E-state index contributed by atoms with van der Waals surface area (Å²) in [6.45, 7) is 2.33. The van der Waals surface area contributed by atoms with Crippen molar-refractivity contribution in [3.8, 4) is 6.07 Å². The number of aliphatic hydroxyl groups is 1. The smallest absolute Gasteiger partial charge is 0.257 e. The van der Waals surface area contributed by atoms with E-state index in [1.54, 1.807) is 56.4 Å². The van der Waals surface area contributed by atoms with Gasteiger partial charge in [0.15, 0.2) is 0 Å². The maximum atomic E-state index is 16.9. The van der Waals surface area contributed by atoms with E-state index in [9.17, 15) is 20.0 Å². The molecule has 2 aromatic heterocycles. The van der Waals surface area contributed by atoms with Crippen LogP contribution in [0.3, 0.4) is 0 Å². The number of aromatic nitrogens is 2. The summed E-state index contributed by atoms with van der Waals surface area (Å²) in [6, 6.07) is 17.5. The van der Waals surface area contributed by atoms with Crippen molar-refractivity contribution in [1.29, 1.82) is 5.26 Å². The zero-order valence-corrected chi connectivity index (χ0v) is 25.4. The molecule has 9 nitrogen and oxygen atoms in total. The van der Waals surface area contributed by atoms with Crippen LogP contribution >= 0.6 is 11.6 Å². The van der Waals surface area contributed by atoms with Crippen LogP contribution in [0.1, 0.15) is 63.6 Å². The summed E-state index contributed by atoms with van der Waals surface area (Å²) in [5, 5.41) is 21.6. The number of nitrogens with zero attached hydrogens (tertiary/aromatic N) is 4. The van der Waals surface area contributed by atoms with Gasteiger partial charge in [0.1, 0.15) is 17.5 Å². The second-order valence-electron chi connectivity index (χ2n) is 11.3. The van der Waals surface area contributed by atoms with E-state index < -0.39 is 29.2 Å². The molecule has 1 fully saturated rings. The summed E-state index contributed by atoms with van der Waals surface area (Å²) in [7, 11) is 1.59. The van der Waals surface area contributed by atoms with Crippen molar-refractivity contribution in [2.24, 2.45) is 7.05 Å². The van der Waals surface area contributed by atoms with E-state index in [2.05, 4.69) is 4.98 Å². The molecule has 0 saturated carbocycles. The molecule has 0 radical (unpaired) electrons. The van der Waals surface area contributed by atoms with E-state index in [1.165, 1.54) is 40.1 Å². The normalized spacial score (nSPS) is 20.6. The third-order valence-corrected chi connectivity index (χ3v) is 8.84. The highest BCUT2D eigenvalue weighted by Gasteiger charge is 2.56. The van der Waals surface area contributed by atoms with Crippen molar-refractivity contribution in [2.45, 2.75) is 43.7 Å². The predicted molar refractivity (Wildman–Crippen MR) is 163 cm³/mol. The largest absolute Gasteiger partial charge is 0.380 e. The lowest BCUT2D eigenvalue weighted by molar-refractivity contribution is -0.148. The third kappa shape index (κ3) is 5.22. The molecule has 2 aliphatic rings. The highest BCUT2D eigenvalue weighted by Crippen LogP contribution is 2.50. The number of carbonyl (C=O) groups is 1. The molecule has 45 heavy (non-hydrogen) atoms. The Balaban J connectivity index is 1.58. The first-order valence-corrected chi connectivity index (χ1v) is 14.9. The van der Waals surface area contributed by atoms with Crippen LogP contribution in [0, 0.1) is 17.1 Å². The fourth-order valence-electron chi connectivity index (χ4n) is 6.11. The summed E-state index contributed by atoms with van der Waals surface area (Å²) in [5.74, 6) is -1.32. The Bertz CT molecular complexity index is 1870. The molecular formula is C34H30ClFN4O5. The highest BCUT2D eigenvalue weighted by atomic mass is 35.5. The molecule has 1 N–H and O–H groups in total. The molecule has 0 bridgehead atoms. The average molecular weight is 629 g/mol. The van der Waals surface area contributed by atoms with Crippen LogP contribution in [0.15, 0.2) is 77.9 Å².